The highest BCUT2D eigenvalue weighted by Gasteiger charge is 2.14. The lowest BCUT2D eigenvalue weighted by Gasteiger charge is -2.08. The highest BCUT2D eigenvalue weighted by Crippen LogP contribution is 2.24. The van der Waals surface area contributed by atoms with E-state index in [4.69, 9.17) is 22.1 Å². The van der Waals surface area contributed by atoms with Crippen molar-refractivity contribution in [2.45, 2.75) is 6.61 Å². The van der Waals surface area contributed by atoms with Crippen molar-refractivity contribution in [3.63, 3.8) is 0 Å². The zero-order valence-corrected chi connectivity index (χ0v) is 11.0. The zero-order chi connectivity index (χ0) is 14.7. The van der Waals surface area contributed by atoms with Crippen LogP contribution >= 0.6 is 11.6 Å². The summed E-state index contributed by atoms with van der Waals surface area (Å²) in [5.74, 6) is -2.65. The Labute approximate surface area is 118 Å². The van der Waals surface area contributed by atoms with E-state index in [0.29, 0.717) is 5.56 Å². The maximum atomic E-state index is 13.0. The molecule has 0 unspecified atom stereocenters. The van der Waals surface area contributed by atoms with Gasteiger partial charge in [0.25, 0.3) is 0 Å². The van der Waals surface area contributed by atoms with Gasteiger partial charge in [-0.3, -0.25) is 0 Å². The average molecular weight is 298 g/mol. The molecule has 3 nitrogen and oxygen atoms in total. The highest BCUT2D eigenvalue weighted by atomic mass is 35.5. The topological polar surface area (TPSA) is 52.3 Å². The maximum absolute atomic E-state index is 13.0. The third-order valence-electron chi connectivity index (χ3n) is 2.60. The second-order valence-electron chi connectivity index (χ2n) is 4.03. The number of hydrogen-bond acceptors (Lipinski definition) is 3. The van der Waals surface area contributed by atoms with Crippen molar-refractivity contribution in [2.75, 3.05) is 5.73 Å². The molecule has 0 amide bonds. The van der Waals surface area contributed by atoms with Gasteiger partial charge in [0.15, 0.2) is 11.6 Å². The molecule has 0 aliphatic heterocycles. The summed E-state index contributed by atoms with van der Waals surface area (Å²) in [6.07, 6.45) is 0. The molecule has 0 atom stereocenters. The smallest absolute Gasteiger partial charge is 0.340 e. The summed E-state index contributed by atoms with van der Waals surface area (Å²) in [7, 11) is 0. The Kier molecular flexibility index (Phi) is 4.20. The van der Waals surface area contributed by atoms with Crippen molar-refractivity contribution < 1.29 is 18.3 Å². The Morgan fingerprint density at radius 1 is 1.20 bits per heavy atom. The monoisotopic (exact) mass is 297 g/mol. The minimum atomic E-state index is -1.000. The number of hydrogen-bond donors (Lipinski definition) is 1. The normalized spacial score (nSPS) is 10.3. The number of rotatable bonds is 3. The molecule has 0 saturated heterocycles. The van der Waals surface area contributed by atoms with Gasteiger partial charge in [0.1, 0.15) is 6.61 Å². The lowest BCUT2D eigenvalue weighted by atomic mass is 10.2. The summed E-state index contributed by atoms with van der Waals surface area (Å²) < 4.78 is 30.7. The minimum absolute atomic E-state index is 0.0998. The molecular weight excluding hydrogens is 288 g/mol. The van der Waals surface area contributed by atoms with Gasteiger partial charge in [0.05, 0.1) is 16.3 Å². The minimum Gasteiger partial charge on any atom is -0.457 e. The third-order valence-corrected chi connectivity index (χ3v) is 3.02. The van der Waals surface area contributed by atoms with Gasteiger partial charge in [-0.25, -0.2) is 13.6 Å². The fourth-order valence-corrected chi connectivity index (χ4v) is 1.77. The van der Waals surface area contributed by atoms with Crippen LogP contribution in [0.2, 0.25) is 5.02 Å². The van der Waals surface area contributed by atoms with Gasteiger partial charge in [-0.2, -0.15) is 0 Å². The zero-order valence-electron chi connectivity index (χ0n) is 10.2. The highest BCUT2D eigenvalue weighted by molar-refractivity contribution is 6.36. The molecule has 2 rings (SSSR count). The molecule has 20 heavy (non-hydrogen) atoms. The second-order valence-corrected chi connectivity index (χ2v) is 4.41. The Balaban J connectivity index is 2.08. The van der Waals surface area contributed by atoms with Crippen molar-refractivity contribution in [3.8, 4) is 0 Å². The van der Waals surface area contributed by atoms with Crippen molar-refractivity contribution >= 4 is 23.3 Å². The SMILES string of the molecule is Nc1cccc(C(=O)OCc2ccc(F)c(F)c2)c1Cl. The van der Waals surface area contributed by atoms with Crippen molar-refractivity contribution in [1.29, 1.82) is 0 Å². The van der Waals surface area contributed by atoms with Crippen LogP contribution in [0.4, 0.5) is 14.5 Å². The molecule has 2 aromatic rings. The molecule has 0 saturated carbocycles. The van der Waals surface area contributed by atoms with Gasteiger partial charge in [-0.05, 0) is 29.8 Å². The lowest BCUT2D eigenvalue weighted by Crippen LogP contribution is -2.07. The van der Waals surface area contributed by atoms with Crippen molar-refractivity contribution in [2.24, 2.45) is 0 Å². The Hall–Kier alpha value is -2.14. The van der Waals surface area contributed by atoms with Gasteiger partial charge in [0, 0.05) is 0 Å². The van der Waals surface area contributed by atoms with Crippen LogP contribution in [0.1, 0.15) is 15.9 Å². The molecule has 0 fully saturated rings. The first-order valence-electron chi connectivity index (χ1n) is 5.64. The summed E-state index contributed by atoms with van der Waals surface area (Å²) in [5.41, 5.74) is 6.28. The van der Waals surface area contributed by atoms with Crippen LogP contribution in [0.15, 0.2) is 36.4 Å². The number of nitrogen functional groups attached to an aromatic ring is 1. The van der Waals surface area contributed by atoms with Crippen LogP contribution < -0.4 is 5.73 Å². The number of benzene rings is 2. The average Bonchev–Trinajstić information content (AvgIpc) is 2.43. The van der Waals surface area contributed by atoms with Gasteiger partial charge < -0.3 is 10.5 Å². The predicted octanol–water partition coefficient (Wildman–Crippen LogP) is 3.56. The first-order valence-corrected chi connectivity index (χ1v) is 6.02. The van der Waals surface area contributed by atoms with Crippen LogP contribution in [-0.2, 0) is 11.3 Å². The maximum Gasteiger partial charge on any atom is 0.340 e. The summed E-state index contributed by atoms with van der Waals surface area (Å²) in [4.78, 5) is 11.8. The number of anilines is 1. The van der Waals surface area contributed by atoms with Gasteiger partial charge in [-0.1, -0.05) is 23.7 Å². The molecule has 2 N–H and O–H groups in total. The Bertz CT molecular complexity index is 662. The fraction of sp³-hybridized carbons (Fsp3) is 0.0714. The first-order chi connectivity index (χ1) is 9.49. The number of esters is 1. The Morgan fingerprint density at radius 2 is 1.95 bits per heavy atom. The summed E-state index contributed by atoms with van der Waals surface area (Å²) in [6, 6.07) is 7.83. The fourth-order valence-electron chi connectivity index (χ4n) is 1.56. The van der Waals surface area contributed by atoms with E-state index in [1.54, 1.807) is 12.1 Å². The number of nitrogens with two attached hydrogens (primary N) is 1. The molecule has 0 heterocycles. The number of carbonyl (C=O) groups excluding carboxylic acids is 1. The van der Waals surface area contributed by atoms with Gasteiger partial charge in [0.2, 0.25) is 0 Å². The second kappa shape index (κ2) is 5.88. The quantitative estimate of drug-likeness (QED) is 0.696. The molecule has 0 aliphatic carbocycles. The number of carbonyl (C=O) groups is 1. The molecule has 0 radical (unpaired) electrons. The summed E-state index contributed by atoms with van der Waals surface area (Å²) in [5, 5.41) is 0.0998. The largest absolute Gasteiger partial charge is 0.457 e. The van der Waals surface area contributed by atoms with Crippen LogP contribution in [-0.4, -0.2) is 5.97 Å². The van der Waals surface area contributed by atoms with Crippen LogP contribution in [0.25, 0.3) is 0 Å². The molecule has 0 aromatic heterocycles. The molecule has 104 valence electrons. The third kappa shape index (κ3) is 3.05. The van der Waals surface area contributed by atoms with Gasteiger partial charge >= 0.3 is 5.97 Å². The summed E-state index contributed by atoms with van der Waals surface area (Å²) in [6.45, 7) is -0.193. The van der Waals surface area contributed by atoms with E-state index in [0.717, 1.165) is 12.1 Å². The Morgan fingerprint density at radius 3 is 2.65 bits per heavy atom. The molecule has 6 heteroatoms. The molecule has 0 spiro atoms. The van der Waals surface area contributed by atoms with E-state index in [2.05, 4.69) is 0 Å². The van der Waals surface area contributed by atoms with E-state index < -0.39 is 17.6 Å². The van der Waals surface area contributed by atoms with E-state index in [-0.39, 0.29) is 22.9 Å². The summed E-state index contributed by atoms with van der Waals surface area (Å²) >= 11 is 5.88. The molecular formula is C14H10ClF2NO2. The first kappa shape index (κ1) is 14.3. The lowest BCUT2D eigenvalue weighted by molar-refractivity contribution is 0.0472. The predicted molar refractivity (Wildman–Crippen MR) is 71.3 cm³/mol. The van der Waals surface area contributed by atoms with E-state index in [9.17, 15) is 13.6 Å². The van der Waals surface area contributed by atoms with E-state index in [1.807, 2.05) is 0 Å². The van der Waals surface area contributed by atoms with Crippen LogP contribution in [0.3, 0.4) is 0 Å². The number of halogens is 3. The molecule has 0 aliphatic rings. The number of ether oxygens (including phenoxy) is 1. The van der Waals surface area contributed by atoms with Crippen LogP contribution in [0, 0.1) is 11.6 Å². The van der Waals surface area contributed by atoms with Crippen molar-refractivity contribution in [3.05, 3.63) is 64.2 Å². The molecule has 2 aromatic carbocycles. The van der Waals surface area contributed by atoms with E-state index >= 15 is 0 Å². The molecule has 0 bridgehead atoms. The standard InChI is InChI=1S/C14H10ClF2NO2/c15-13-9(2-1-3-12(13)18)14(19)20-7-8-4-5-10(16)11(17)6-8/h1-6H,7,18H2. The van der Waals surface area contributed by atoms with Crippen molar-refractivity contribution in [1.82, 2.24) is 0 Å². The van der Waals surface area contributed by atoms with E-state index in [1.165, 1.54) is 12.1 Å². The van der Waals surface area contributed by atoms with Crippen LogP contribution in [0.5, 0.6) is 0 Å². The van der Waals surface area contributed by atoms with Gasteiger partial charge in [-0.15, -0.1) is 0 Å².